The number of aromatic nitrogens is 1. The van der Waals surface area contributed by atoms with Gasteiger partial charge in [-0.2, -0.15) is 0 Å². The van der Waals surface area contributed by atoms with Crippen LogP contribution in [-0.4, -0.2) is 13.6 Å². The van der Waals surface area contributed by atoms with Crippen molar-refractivity contribution in [1.29, 1.82) is 0 Å². The van der Waals surface area contributed by atoms with E-state index in [2.05, 4.69) is 5.16 Å². The van der Waals surface area contributed by atoms with Crippen LogP contribution in [-0.2, 0) is 10.0 Å². The first-order valence-corrected chi connectivity index (χ1v) is 9.44. The average molecular weight is 350 g/mol. The molecule has 1 aliphatic rings. The summed E-state index contributed by atoms with van der Waals surface area (Å²) in [4.78, 5) is -0.156. The monoisotopic (exact) mass is 350 g/mol. The molecule has 8 heteroatoms. The number of aryl methyl sites for hydroxylation is 2. The van der Waals surface area contributed by atoms with Crippen molar-refractivity contribution in [2.24, 2.45) is 5.14 Å². The van der Waals surface area contributed by atoms with Crippen LogP contribution in [0.4, 0.5) is 11.4 Å². The predicted molar refractivity (Wildman–Crippen MR) is 92.8 cm³/mol. The van der Waals surface area contributed by atoms with Crippen molar-refractivity contribution in [2.45, 2.75) is 50.3 Å². The molecule has 24 heavy (non-hydrogen) atoms. The third-order valence-corrected chi connectivity index (χ3v) is 5.78. The Morgan fingerprint density at radius 1 is 1.17 bits per heavy atom. The molecule has 2 aromatic rings. The number of sulfonamides is 1. The van der Waals surface area contributed by atoms with Crippen LogP contribution in [0.3, 0.4) is 0 Å². The number of nitrogen functional groups attached to an aromatic ring is 2. The molecular formula is C16H22N4O3S. The van der Waals surface area contributed by atoms with E-state index in [1.807, 2.05) is 0 Å². The Hall–Kier alpha value is -2.06. The number of anilines is 2. The minimum atomic E-state index is -4.06. The molecule has 0 aliphatic heterocycles. The molecule has 0 radical (unpaired) electrons. The van der Waals surface area contributed by atoms with Crippen molar-refractivity contribution in [3.05, 3.63) is 23.1 Å². The van der Waals surface area contributed by atoms with Crippen LogP contribution in [0, 0.1) is 13.8 Å². The van der Waals surface area contributed by atoms with Crippen LogP contribution < -0.4 is 16.6 Å². The van der Waals surface area contributed by atoms with Crippen LogP contribution in [0.1, 0.15) is 48.6 Å². The number of primary sulfonamides is 1. The molecule has 130 valence electrons. The molecular weight excluding hydrogens is 328 g/mol. The van der Waals surface area contributed by atoms with Crippen LogP contribution >= 0.6 is 0 Å². The summed E-state index contributed by atoms with van der Waals surface area (Å²) in [6.45, 7) is 3.48. The molecule has 0 unspecified atom stereocenters. The standard InChI is InChI=1S/C16H22N4O3S/c1-8-13(9(2)23-20-8)12-7-11(10-5-3-4-6-10)14(17)15(18)16(12)24(19,21)22/h7,10H,3-6,17-18H2,1-2H3,(H2,19,21,22). The van der Waals surface area contributed by atoms with E-state index < -0.39 is 10.0 Å². The third-order valence-electron chi connectivity index (χ3n) is 4.77. The van der Waals surface area contributed by atoms with E-state index in [4.69, 9.17) is 21.1 Å². The van der Waals surface area contributed by atoms with Crippen LogP contribution in [0.25, 0.3) is 11.1 Å². The van der Waals surface area contributed by atoms with E-state index >= 15 is 0 Å². The van der Waals surface area contributed by atoms with Gasteiger partial charge < -0.3 is 16.0 Å². The van der Waals surface area contributed by atoms with E-state index in [1.165, 1.54) is 0 Å². The van der Waals surface area contributed by atoms with E-state index in [9.17, 15) is 8.42 Å². The second-order valence-corrected chi connectivity index (χ2v) is 7.89. The van der Waals surface area contributed by atoms with Gasteiger partial charge in [-0.05, 0) is 44.2 Å². The van der Waals surface area contributed by atoms with Gasteiger partial charge in [0, 0.05) is 11.1 Å². The van der Waals surface area contributed by atoms with Gasteiger partial charge >= 0.3 is 0 Å². The topological polar surface area (TPSA) is 138 Å². The Morgan fingerprint density at radius 3 is 2.29 bits per heavy atom. The van der Waals surface area contributed by atoms with E-state index in [1.54, 1.807) is 19.9 Å². The molecule has 0 amide bonds. The average Bonchev–Trinajstić information content (AvgIpc) is 3.11. The molecule has 1 saturated carbocycles. The van der Waals surface area contributed by atoms with Crippen molar-refractivity contribution in [3.8, 4) is 11.1 Å². The van der Waals surface area contributed by atoms with Gasteiger partial charge in [0.15, 0.2) is 0 Å². The number of nitrogens with two attached hydrogens (primary N) is 3. The predicted octanol–water partition coefficient (Wildman–Crippen LogP) is 2.43. The van der Waals surface area contributed by atoms with E-state index in [0.717, 1.165) is 31.2 Å². The van der Waals surface area contributed by atoms with Gasteiger partial charge in [0.1, 0.15) is 10.7 Å². The van der Waals surface area contributed by atoms with Crippen molar-refractivity contribution in [3.63, 3.8) is 0 Å². The summed E-state index contributed by atoms with van der Waals surface area (Å²) in [5.74, 6) is 0.792. The number of rotatable bonds is 3. The van der Waals surface area contributed by atoms with Crippen molar-refractivity contribution >= 4 is 21.4 Å². The van der Waals surface area contributed by atoms with Gasteiger partial charge in [-0.25, -0.2) is 13.6 Å². The summed E-state index contributed by atoms with van der Waals surface area (Å²) in [5, 5.41) is 9.34. The number of nitrogens with zero attached hydrogens (tertiary/aromatic N) is 1. The van der Waals surface area contributed by atoms with Gasteiger partial charge in [0.05, 0.1) is 17.1 Å². The minimum Gasteiger partial charge on any atom is -0.397 e. The maximum absolute atomic E-state index is 12.2. The van der Waals surface area contributed by atoms with Crippen LogP contribution in [0.5, 0.6) is 0 Å². The van der Waals surface area contributed by atoms with Crippen molar-refractivity contribution < 1.29 is 12.9 Å². The molecule has 3 rings (SSSR count). The van der Waals surface area contributed by atoms with E-state index in [-0.39, 0.29) is 16.5 Å². The highest BCUT2D eigenvalue weighted by atomic mass is 32.2. The van der Waals surface area contributed by atoms with Gasteiger partial charge in [-0.3, -0.25) is 0 Å². The van der Waals surface area contributed by atoms with E-state index in [0.29, 0.717) is 28.3 Å². The lowest BCUT2D eigenvalue weighted by Gasteiger charge is -2.20. The quantitative estimate of drug-likeness (QED) is 0.727. The fraction of sp³-hybridized carbons (Fsp3) is 0.438. The maximum atomic E-state index is 12.2. The van der Waals surface area contributed by atoms with Gasteiger partial charge in [0.25, 0.3) is 0 Å². The second kappa shape index (κ2) is 5.78. The molecule has 6 N–H and O–H groups in total. The SMILES string of the molecule is Cc1noc(C)c1-c1cc(C2CCCC2)c(N)c(N)c1S(N)(=O)=O. The lowest BCUT2D eigenvalue weighted by atomic mass is 9.91. The smallest absolute Gasteiger partial charge is 0.240 e. The molecule has 1 aromatic carbocycles. The highest BCUT2D eigenvalue weighted by molar-refractivity contribution is 7.89. The summed E-state index contributed by atoms with van der Waals surface area (Å²) < 4.78 is 29.5. The molecule has 1 aromatic heterocycles. The molecule has 0 bridgehead atoms. The molecule has 0 spiro atoms. The lowest BCUT2D eigenvalue weighted by Crippen LogP contribution is -2.18. The molecule has 0 saturated heterocycles. The Morgan fingerprint density at radius 2 is 1.79 bits per heavy atom. The second-order valence-electron chi connectivity index (χ2n) is 6.40. The zero-order chi connectivity index (χ0) is 17.6. The first-order chi connectivity index (χ1) is 11.2. The highest BCUT2D eigenvalue weighted by Crippen LogP contribution is 2.45. The Kier molecular flexibility index (Phi) is 4.05. The number of hydrogen-bond acceptors (Lipinski definition) is 6. The van der Waals surface area contributed by atoms with Gasteiger partial charge in [-0.1, -0.05) is 18.0 Å². The first kappa shape index (κ1) is 16.8. The largest absolute Gasteiger partial charge is 0.397 e. The zero-order valence-corrected chi connectivity index (χ0v) is 14.6. The van der Waals surface area contributed by atoms with Crippen LogP contribution in [0.15, 0.2) is 15.5 Å². The summed E-state index contributed by atoms with van der Waals surface area (Å²) in [5.41, 5.74) is 15.1. The summed E-state index contributed by atoms with van der Waals surface area (Å²) in [6.07, 6.45) is 4.28. The number of benzene rings is 1. The maximum Gasteiger partial charge on any atom is 0.240 e. The van der Waals surface area contributed by atoms with Gasteiger partial charge in [-0.15, -0.1) is 0 Å². The summed E-state index contributed by atoms with van der Waals surface area (Å²) in [6, 6.07) is 1.80. The first-order valence-electron chi connectivity index (χ1n) is 7.89. The zero-order valence-electron chi connectivity index (χ0n) is 13.8. The molecule has 1 aliphatic carbocycles. The third kappa shape index (κ3) is 2.65. The molecule has 7 nitrogen and oxygen atoms in total. The van der Waals surface area contributed by atoms with Crippen LogP contribution in [0.2, 0.25) is 0 Å². The van der Waals surface area contributed by atoms with Crippen molar-refractivity contribution in [1.82, 2.24) is 5.16 Å². The molecule has 1 heterocycles. The van der Waals surface area contributed by atoms with Crippen molar-refractivity contribution in [2.75, 3.05) is 11.5 Å². The fourth-order valence-corrected chi connectivity index (χ4v) is 4.54. The summed E-state index contributed by atoms with van der Waals surface area (Å²) >= 11 is 0. The van der Waals surface area contributed by atoms with Gasteiger partial charge in [0.2, 0.25) is 10.0 Å². The highest BCUT2D eigenvalue weighted by Gasteiger charge is 2.29. The Bertz CT molecular complexity index is 877. The normalized spacial score (nSPS) is 16.0. The Balaban J connectivity index is 2.37. The lowest BCUT2D eigenvalue weighted by molar-refractivity contribution is 0.393. The number of hydrogen-bond donors (Lipinski definition) is 3. The molecule has 1 fully saturated rings. The fourth-order valence-electron chi connectivity index (χ4n) is 3.66. The summed E-state index contributed by atoms with van der Waals surface area (Å²) in [7, 11) is -4.06. The Labute approximate surface area is 141 Å². The molecule has 0 atom stereocenters. The minimum absolute atomic E-state index is 0.0110.